The molecule has 7 nitrogen and oxygen atoms in total. The number of rotatable bonds is 5. The number of amides is 3. The fraction of sp³-hybridized carbons (Fsp3) is 0.158. The number of benzene rings is 2. The van der Waals surface area contributed by atoms with Crippen molar-refractivity contribution in [2.45, 2.75) is 12.8 Å². The zero-order valence-electron chi connectivity index (χ0n) is 14.4. The fourth-order valence-electron chi connectivity index (χ4n) is 2.62. The van der Waals surface area contributed by atoms with Crippen molar-refractivity contribution < 1.29 is 32.7 Å². The van der Waals surface area contributed by atoms with Crippen molar-refractivity contribution in [3.8, 4) is 0 Å². The Kier molecular flexibility index (Phi) is 5.44. The Hall–Kier alpha value is -3.62. The van der Waals surface area contributed by atoms with Crippen LogP contribution in [0.1, 0.15) is 23.2 Å². The minimum atomic E-state index is -0.957. The highest BCUT2D eigenvalue weighted by molar-refractivity contribution is 6.19. The van der Waals surface area contributed by atoms with Crippen molar-refractivity contribution in [1.29, 1.82) is 0 Å². The summed E-state index contributed by atoms with van der Waals surface area (Å²) >= 11 is 0. The average Bonchev–Trinajstić information content (AvgIpc) is 3.01. The summed E-state index contributed by atoms with van der Waals surface area (Å²) in [5.74, 6) is -4.32. The Labute approximate surface area is 157 Å². The molecule has 1 N–H and O–H groups in total. The van der Waals surface area contributed by atoms with E-state index in [0.717, 1.165) is 23.1 Å². The summed E-state index contributed by atoms with van der Waals surface area (Å²) in [7, 11) is 0. The topological polar surface area (TPSA) is 92.8 Å². The lowest BCUT2D eigenvalue weighted by Gasteiger charge is -2.14. The fourth-order valence-corrected chi connectivity index (χ4v) is 2.62. The van der Waals surface area contributed by atoms with E-state index in [0.29, 0.717) is 5.69 Å². The van der Waals surface area contributed by atoms with Crippen LogP contribution in [-0.4, -0.2) is 30.3 Å². The van der Waals surface area contributed by atoms with Crippen LogP contribution >= 0.6 is 0 Å². The van der Waals surface area contributed by atoms with Crippen LogP contribution in [0.4, 0.5) is 20.2 Å². The molecule has 0 saturated carbocycles. The van der Waals surface area contributed by atoms with Crippen molar-refractivity contribution in [3.05, 3.63) is 59.7 Å². The molecular formula is C19H14F2N2O5. The summed E-state index contributed by atoms with van der Waals surface area (Å²) < 4.78 is 31.8. The van der Waals surface area contributed by atoms with E-state index in [-0.39, 0.29) is 30.2 Å². The van der Waals surface area contributed by atoms with E-state index < -0.39 is 35.8 Å². The van der Waals surface area contributed by atoms with Gasteiger partial charge in [-0.2, -0.15) is 0 Å². The molecule has 144 valence electrons. The number of nitrogens with zero attached hydrogens (tertiary/aromatic N) is 1. The van der Waals surface area contributed by atoms with E-state index in [4.69, 9.17) is 4.74 Å². The van der Waals surface area contributed by atoms with Gasteiger partial charge in [-0.15, -0.1) is 0 Å². The van der Waals surface area contributed by atoms with Crippen LogP contribution in [0.25, 0.3) is 0 Å². The average molecular weight is 388 g/mol. The number of carbonyl (C=O) groups is 4. The van der Waals surface area contributed by atoms with Gasteiger partial charge in [-0.25, -0.2) is 13.6 Å². The third-order valence-corrected chi connectivity index (χ3v) is 3.97. The highest BCUT2D eigenvalue weighted by Gasteiger charge is 2.30. The smallest absolute Gasteiger partial charge is 0.338 e. The highest BCUT2D eigenvalue weighted by Crippen LogP contribution is 2.23. The van der Waals surface area contributed by atoms with Gasteiger partial charge in [0.1, 0.15) is 17.3 Å². The molecule has 0 bridgehead atoms. The first kappa shape index (κ1) is 19.2. The SMILES string of the molecule is O=C(COC(=O)c1ccc(N2C(=O)CCC2=O)cc1)Nc1c(F)cccc1F. The maximum atomic E-state index is 13.5. The lowest BCUT2D eigenvalue weighted by molar-refractivity contribution is -0.121. The van der Waals surface area contributed by atoms with Gasteiger partial charge in [-0.1, -0.05) is 6.07 Å². The molecule has 0 aromatic heterocycles. The molecule has 1 heterocycles. The summed E-state index contributed by atoms with van der Waals surface area (Å²) in [6, 6.07) is 8.59. The van der Waals surface area contributed by atoms with Crippen LogP contribution in [0.2, 0.25) is 0 Å². The first-order chi connectivity index (χ1) is 13.4. The highest BCUT2D eigenvalue weighted by atomic mass is 19.1. The number of esters is 1. The van der Waals surface area contributed by atoms with Gasteiger partial charge in [0.25, 0.3) is 5.91 Å². The van der Waals surface area contributed by atoms with E-state index in [1.165, 1.54) is 24.3 Å². The van der Waals surface area contributed by atoms with E-state index in [1.54, 1.807) is 0 Å². The Morgan fingerprint density at radius 1 is 0.964 bits per heavy atom. The van der Waals surface area contributed by atoms with Crippen LogP contribution in [0.15, 0.2) is 42.5 Å². The third kappa shape index (κ3) is 4.03. The maximum absolute atomic E-state index is 13.5. The predicted molar refractivity (Wildman–Crippen MR) is 93.4 cm³/mol. The van der Waals surface area contributed by atoms with E-state index in [2.05, 4.69) is 0 Å². The number of anilines is 2. The van der Waals surface area contributed by atoms with Gasteiger partial charge in [-0.05, 0) is 36.4 Å². The lowest BCUT2D eigenvalue weighted by atomic mass is 10.2. The molecule has 3 rings (SSSR count). The molecule has 2 aromatic carbocycles. The number of ether oxygens (including phenoxy) is 1. The molecule has 9 heteroatoms. The molecule has 0 aliphatic carbocycles. The second-order valence-corrected chi connectivity index (χ2v) is 5.89. The summed E-state index contributed by atoms with van der Waals surface area (Å²) in [5.41, 5.74) is -0.225. The van der Waals surface area contributed by atoms with Gasteiger partial charge >= 0.3 is 5.97 Å². The van der Waals surface area contributed by atoms with Gasteiger partial charge in [0.15, 0.2) is 6.61 Å². The van der Waals surface area contributed by atoms with E-state index >= 15 is 0 Å². The molecule has 2 aromatic rings. The van der Waals surface area contributed by atoms with Crippen molar-refractivity contribution in [1.82, 2.24) is 0 Å². The standard InChI is InChI=1S/C19H14F2N2O5/c20-13-2-1-3-14(21)18(13)22-15(24)10-28-19(27)11-4-6-12(7-5-11)23-16(25)8-9-17(23)26/h1-7H,8-10H2,(H,22,24). The number of halogens is 2. The van der Waals surface area contributed by atoms with Crippen LogP contribution in [0.5, 0.6) is 0 Å². The largest absolute Gasteiger partial charge is 0.452 e. The molecule has 28 heavy (non-hydrogen) atoms. The number of hydrogen-bond acceptors (Lipinski definition) is 5. The first-order valence-electron chi connectivity index (χ1n) is 8.23. The first-order valence-corrected chi connectivity index (χ1v) is 8.23. The van der Waals surface area contributed by atoms with Gasteiger partial charge < -0.3 is 10.1 Å². The minimum Gasteiger partial charge on any atom is -0.452 e. The van der Waals surface area contributed by atoms with Crippen LogP contribution in [0, 0.1) is 11.6 Å². The summed E-state index contributed by atoms with van der Waals surface area (Å²) in [6.45, 7) is -0.753. The van der Waals surface area contributed by atoms with Crippen molar-refractivity contribution in [2.75, 3.05) is 16.8 Å². The quantitative estimate of drug-likeness (QED) is 0.627. The van der Waals surface area contributed by atoms with E-state index in [9.17, 15) is 28.0 Å². The Morgan fingerprint density at radius 3 is 2.11 bits per heavy atom. The van der Waals surface area contributed by atoms with Crippen molar-refractivity contribution >= 4 is 35.1 Å². The summed E-state index contributed by atoms with van der Waals surface area (Å²) in [5, 5.41) is 1.99. The number of hydrogen-bond donors (Lipinski definition) is 1. The van der Waals surface area contributed by atoms with Gasteiger partial charge in [0.2, 0.25) is 11.8 Å². The molecule has 1 fully saturated rings. The Morgan fingerprint density at radius 2 is 1.54 bits per heavy atom. The molecule has 0 atom stereocenters. The molecule has 1 saturated heterocycles. The molecule has 0 radical (unpaired) electrons. The second kappa shape index (κ2) is 7.95. The number of carbonyl (C=O) groups excluding carboxylic acids is 4. The summed E-state index contributed by atoms with van der Waals surface area (Å²) in [6.07, 6.45) is 0.278. The molecule has 3 amide bonds. The number of imide groups is 1. The van der Waals surface area contributed by atoms with Gasteiger partial charge in [0.05, 0.1) is 11.3 Å². The summed E-state index contributed by atoms with van der Waals surface area (Å²) in [4.78, 5) is 48.2. The van der Waals surface area contributed by atoms with Crippen molar-refractivity contribution in [2.24, 2.45) is 0 Å². The normalized spacial score (nSPS) is 13.6. The van der Waals surface area contributed by atoms with E-state index in [1.807, 2.05) is 5.32 Å². The van der Waals surface area contributed by atoms with Gasteiger partial charge in [-0.3, -0.25) is 19.3 Å². The molecular weight excluding hydrogens is 374 g/mol. The van der Waals surface area contributed by atoms with Crippen molar-refractivity contribution in [3.63, 3.8) is 0 Å². The Bertz CT molecular complexity index is 923. The zero-order chi connectivity index (χ0) is 20.3. The van der Waals surface area contributed by atoms with Crippen LogP contribution < -0.4 is 10.2 Å². The molecule has 1 aliphatic rings. The number of para-hydroxylation sites is 1. The predicted octanol–water partition coefficient (Wildman–Crippen LogP) is 2.41. The van der Waals surface area contributed by atoms with Gasteiger partial charge in [0, 0.05) is 12.8 Å². The molecule has 0 unspecified atom stereocenters. The van der Waals surface area contributed by atoms with Crippen LogP contribution in [-0.2, 0) is 19.1 Å². The monoisotopic (exact) mass is 388 g/mol. The zero-order valence-corrected chi connectivity index (χ0v) is 14.4. The minimum absolute atomic E-state index is 0.0766. The second-order valence-electron chi connectivity index (χ2n) is 5.89. The molecule has 0 spiro atoms. The molecule has 1 aliphatic heterocycles. The van der Waals surface area contributed by atoms with Crippen LogP contribution in [0.3, 0.4) is 0 Å². The Balaban J connectivity index is 1.58. The number of nitrogens with one attached hydrogen (secondary N) is 1. The third-order valence-electron chi connectivity index (χ3n) is 3.97. The lowest BCUT2D eigenvalue weighted by Crippen LogP contribution is -2.28. The maximum Gasteiger partial charge on any atom is 0.338 e.